The lowest BCUT2D eigenvalue weighted by Crippen LogP contribution is -2.10. The summed E-state index contributed by atoms with van der Waals surface area (Å²) in [6.07, 6.45) is 3.65. The number of para-hydroxylation sites is 2. The summed E-state index contributed by atoms with van der Waals surface area (Å²) in [5, 5.41) is 8.25. The molecule has 2 N–H and O–H groups in total. The summed E-state index contributed by atoms with van der Waals surface area (Å²) in [7, 11) is 0. The van der Waals surface area contributed by atoms with Gasteiger partial charge in [0.25, 0.3) is 0 Å². The Labute approximate surface area is 144 Å². The van der Waals surface area contributed by atoms with Gasteiger partial charge in [0.15, 0.2) is 10.8 Å². The third kappa shape index (κ3) is 2.66. The van der Waals surface area contributed by atoms with Crippen LogP contribution in [0.3, 0.4) is 0 Å². The fraction of sp³-hybridized carbons (Fsp3) is 0.143. The average Bonchev–Trinajstić information content (AvgIpc) is 3.16. The Morgan fingerprint density at radius 2 is 2.13 bits per heavy atom. The molecule has 3 aromatic heterocycles. The normalized spacial score (nSPS) is 11.4. The molecule has 0 aliphatic heterocycles. The number of rotatable bonds is 4. The van der Waals surface area contributed by atoms with Crippen molar-refractivity contribution in [1.29, 1.82) is 0 Å². The summed E-state index contributed by atoms with van der Waals surface area (Å²) < 4.78 is 2.51. The molecule has 0 aliphatic rings. The monoisotopic (exact) mass is 389 g/mol. The zero-order chi connectivity index (χ0) is 15.8. The molecule has 4 rings (SSSR count). The molecule has 0 aliphatic carbocycles. The highest BCUT2D eigenvalue weighted by Crippen LogP contribution is 2.21. The summed E-state index contributed by atoms with van der Waals surface area (Å²) >= 11 is 4.94. The van der Waals surface area contributed by atoms with E-state index in [-0.39, 0.29) is 0 Å². The second-order valence-corrected chi connectivity index (χ2v) is 6.44. The molecule has 7 nitrogen and oxygen atoms in total. The molecule has 0 amide bonds. The van der Waals surface area contributed by atoms with Crippen LogP contribution in [-0.4, -0.2) is 35.8 Å². The van der Waals surface area contributed by atoms with Gasteiger partial charge < -0.3 is 10.3 Å². The number of hydrogen-bond donors (Lipinski definition) is 2. The third-order valence-electron chi connectivity index (χ3n) is 3.34. The van der Waals surface area contributed by atoms with Crippen molar-refractivity contribution in [2.45, 2.75) is 11.7 Å². The van der Waals surface area contributed by atoms with E-state index in [0.717, 1.165) is 27.0 Å². The Kier molecular flexibility index (Phi) is 3.66. The third-order valence-corrected chi connectivity index (χ3v) is 4.45. The summed E-state index contributed by atoms with van der Waals surface area (Å²) in [6.45, 7) is 0.520. The number of nitrogens with zero attached hydrogens (tertiary/aromatic N) is 5. The van der Waals surface area contributed by atoms with Crippen LogP contribution >= 0.6 is 27.7 Å². The topological polar surface area (TPSA) is 83.8 Å². The lowest BCUT2D eigenvalue weighted by Gasteiger charge is -2.07. The minimum Gasteiger partial charge on any atom is -0.347 e. The van der Waals surface area contributed by atoms with Crippen molar-refractivity contribution < 1.29 is 0 Å². The van der Waals surface area contributed by atoms with Gasteiger partial charge in [-0.3, -0.25) is 0 Å². The Morgan fingerprint density at radius 1 is 1.26 bits per heavy atom. The molecule has 23 heavy (non-hydrogen) atoms. The summed E-state index contributed by atoms with van der Waals surface area (Å²) in [5.41, 5.74) is 2.70. The molecule has 3 heterocycles. The number of H-pyrrole nitrogens is 1. The van der Waals surface area contributed by atoms with Crippen LogP contribution in [0.1, 0.15) is 5.82 Å². The van der Waals surface area contributed by atoms with Crippen LogP contribution in [0.4, 0.5) is 5.95 Å². The van der Waals surface area contributed by atoms with E-state index in [1.54, 1.807) is 10.7 Å². The minimum absolute atomic E-state index is 0.520. The lowest BCUT2D eigenvalue weighted by atomic mass is 10.3. The predicted molar refractivity (Wildman–Crippen MR) is 93.7 cm³/mol. The molecule has 0 saturated carbocycles. The molecule has 4 aromatic rings. The van der Waals surface area contributed by atoms with Gasteiger partial charge in [-0.05, 0) is 34.3 Å². The van der Waals surface area contributed by atoms with E-state index in [1.165, 1.54) is 11.8 Å². The fourth-order valence-electron chi connectivity index (χ4n) is 2.29. The number of imidazole rings is 1. The SMILES string of the molecule is CSc1nc(NCc2nc3ccccc3[nH]2)n2ncc(Br)c2n1. The number of thioether (sulfide) groups is 1. The molecule has 0 spiro atoms. The number of hydrogen-bond acceptors (Lipinski definition) is 6. The quantitative estimate of drug-likeness (QED) is 0.521. The highest BCUT2D eigenvalue weighted by molar-refractivity contribution is 9.10. The zero-order valence-electron chi connectivity index (χ0n) is 12.1. The first-order valence-corrected chi connectivity index (χ1v) is 8.89. The Balaban J connectivity index is 1.66. The largest absolute Gasteiger partial charge is 0.347 e. The molecule has 0 fully saturated rings. The predicted octanol–water partition coefficient (Wildman–Crippen LogP) is 3.10. The van der Waals surface area contributed by atoms with E-state index in [9.17, 15) is 0 Å². The van der Waals surface area contributed by atoms with Gasteiger partial charge in [0, 0.05) is 0 Å². The second-order valence-electron chi connectivity index (χ2n) is 4.82. The first-order chi connectivity index (χ1) is 11.2. The van der Waals surface area contributed by atoms with Crippen LogP contribution in [0.15, 0.2) is 40.1 Å². The molecule has 0 atom stereocenters. The van der Waals surface area contributed by atoms with Gasteiger partial charge >= 0.3 is 0 Å². The maximum Gasteiger partial charge on any atom is 0.228 e. The van der Waals surface area contributed by atoms with Gasteiger partial charge in [0.05, 0.1) is 28.2 Å². The number of anilines is 1. The molecule has 0 bridgehead atoms. The summed E-state index contributed by atoms with van der Waals surface area (Å²) in [5.74, 6) is 1.47. The number of aromatic nitrogens is 6. The van der Waals surface area contributed by atoms with Gasteiger partial charge in [-0.15, -0.1) is 0 Å². The number of halogens is 1. The standard InChI is InChI=1S/C14H12BrN7S/c1-23-14-20-12-8(15)6-17-22(12)13(21-14)16-7-11-18-9-4-2-3-5-10(9)19-11/h2-6H,7H2,1H3,(H,18,19)(H,16,20,21). The molecule has 9 heteroatoms. The Hall–Kier alpha value is -2.13. The average molecular weight is 390 g/mol. The van der Waals surface area contributed by atoms with Crippen LogP contribution in [-0.2, 0) is 6.54 Å². The van der Waals surface area contributed by atoms with Crippen LogP contribution in [0.25, 0.3) is 16.7 Å². The first-order valence-electron chi connectivity index (χ1n) is 6.87. The van der Waals surface area contributed by atoms with E-state index in [2.05, 4.69) is 46.3 Å². The molecule has 116 valence electrons. The smallest absolute Gasteiger partial charge is 0.228 e. The molecular weight excluding hydrogens is 378 g/mol. The summed E-state index contributed by atoms with van der Waals surface area (Å²) in [4.78, 5) is 16.8. The van der Waals surface area contributed by atoms with E-state index in [1.807, 2.05) is 30.5 Å². The van der Waals surface area contributed by atoms with Gasteiger partial charge in [-0.1, -0.05) is 23.9 Å². The van der Waals surface area contributed by atoms with Crippen molar-refractivity contribution in [1.82, 2.24) is 29.5 Å². The maximum absolute atomic E-state index is 4.55. The van der Waals surface area contributed by atoms with Crippen molar-refractivity contribution in [2.75, 3.05) is 11.6 Å². The first kappa shape index (κ1) is 14.5. The maximum atomic E-state index is 4.55. The highest BCUT2D eigenvalue weighted by atomic mass is 79.9. The van der Waals surface area contributed by atoms with Crippen LogP contribution in [0.5, 0.6) is 0 Å². The van der Waals surface area contributed by atoms with Gasteiger partial charge in [0.1, 0.15) is 5.82 Å². The molecule has 1 aromatic carbocycles. The van der Waals surface area contributed by atoms with Gasteiger partial charge in [-0.2, -0.15) is 14.6 Å². The molecule has 0 radical (unpaired) electrons. The van der Waals surface area contributed by atoms with Gasteiger partial charge in [0.2, 0.25) is 5.95 Å². The number of nitrogens with one attached hydrogen (secondary N) is 2. The van der Waals surface area contributed by atoms with E-state index >= 15 is 0 Å². The van der Waals surface area contributed by atoms with Gasteiger partial charge in [-0.25, -0.2) is 9.97 Å². The Bertz CT molecular complexity index is 960. The number of fused-ring (bicyclic) bond motifs is 2. The fourth-order valence-corrected chi connectivity index (χ4v) is 2.99. The Morgan fingerprint density at radius 3 is 2.96 bits per heavy atom. The second kappa shape index (κ2) is 5.82. The summed E-state index contributed by atoms with van der Waals surface area (Å²) in [6, 6.07) is 7.94. The van der Waals surface area contributed by atoms with Crippen LogP contribution in [0.2, 0.25) is 0 Å². The van der Waals surface area contributed by atoms with Crippen LogP contribution in [0, 0.1) is 0 Å². The van der Waals surface area contributed by atoms with E-state index in [0.29, 0.717) is 17.6 Å². The van der Waals surface area contributed by atoms with Crippen molar-refractivity contribution in [3.8, 4) is 0 Å². The van der Waals surface area contributed by atoms with Crippen molar-refractivity contribution in [3.05, 3.63) is 40.8 Å². The lowest BCUT2D eigenvalue weighted by molar-refractivity contribution is 0.824. The van der Waals surface area contributed by atoms with Crippen molar-refractivity contribution in [3.63, 3.8) is 0 Å². The van der Waals surface area contributed by atoms with E-state index < -0.39 is 0 Å². The number of aromatic amines is 1. The zero-order valence-corrected chi connectivity index (χ0v) is 14.5. The molecule has 0 saturated heterocycles. The highest BCUT2D eigenvalue weighted by Gasteiger charge is 2.12. The van der Waals surface area contributed by atoms with Crippen molar-refractivity contribution in [2.24, 2.45) is 0 Å². The van der Waals surface area contributed by atoms with Crippen molar-refractivity contribution >= 4 is 50.3 Å². The van der Waals surface area contributed by atoms with Crippen LogP contribution < -0.4 is 5.32 Å². The minimum atomic E-state index is 0.520. The number of benzene rings is 1. The van der Waals surface area contributed by atoms with E-state index in [4.69, 9.17) is 0 Å². The molecule has 0 unspecified atom stereocenters. The molecular formula is C14H12BrN7S.